The lowest BCUT2D eigenvalue weighted by Gasteiger charge is -2.18. The predicted octanol–water partition coefficient (Wildman–Crippen LogP) is 24.9. The third-order valence-corrected chi connectivity index (χ3v) is 16.3. The summed E-state index contributed by atoms with van der Waals surface area (Å²) in [5, 5.41) is 0. The van der Waals surface area contributed by atoms with Crippen molar-refractivity contribution in [2.24, 2.45) is 0 Å². The van der Waals surface area contributed by atoms with E-state index in [4.69, 9.17) is 14.2 Å². The average Bonchev–Trinajstić information content (AvgIpc) is 3.47. The van der Waals surface area contributed by atoms with Gasteiger partial charge in [-0.3, -0.25) is 14.4 Å². The molecule has 0 saturated heterocycles. The standard InChI is InChI=1S/C75H138O6/c1-4-7-10-13-16-18-20-22-24-26-28-30-31-32-33-34-35-36-37-38-39-40-41-42-43-45-46-48-50-52-54-56-59-62-65-68-74(77)80-71-72(70-79-73(76)67-64-61-58-15-12-9-6-3)81-75(78)69-66-63-60-57-55-53-51-49-47-44-29-27-25-23-21-19-17-14-11-8-5-2/h21,23,26-29,47,49,72H,4-20,22,24-25,30-46,48,50-71H2,1-3H3/b23-21-,28-26-,29-27-,49-47-. The Bertz CT molecular complexity index is 1400. The molecule has 0 amide bonds. The number of carbonyl (C=O) groups excluding carboxylic acids is 3. The minimum absolute atomic E-state index is 0.0742. The van der Waals surface area contributed by atoms with Crippen LogP contribution in [0.15, 0.2) is 48.6 Å². The van der Waals surface area contributed by atoms with Crippen molar-refractivity contribution in [1.29, 1.82) is 0 Å². The molecule has 0 rings (SSSR count). The van der Waals surface area contributed by atoms with Gasteiger partial charge in [0, 0.05) is 19.3 Å². The summed E-state index contributed by atoms with van der Waals surface area (Å²) in [5.41, 5.74) is 0. The maximum Gasteiger partial charge on any atom is 0.306 e. The Balaban J connectivity index is 3.97. The summed E-state index contributed by atoms with van der Waals surface area (Å²) in [6.45, 7) is 6.63. The lowest BCUT2D eigenvalue weighted by atomic mass is 10.0. The fourth-order valence-electron chi connectivity index (χ4n) is 10.9. The molecule has 0 N–H and O–H groups in total. The van der Waals surface area contributed by atoms with Crippen molar-refractivity contribution in [3.8, 4) is 0 Å². The molecule has 0 aliphatic heterocycles. The van der Waals surface area contributed by atoms with Crippen molar-refractivity contribution >= 4 is 17.9 Å². The summed E-state index contributed by atoms with van der Waals surface area (Å²) in [6.07, 6.45) is 89.1. The van der Waals surface area contributed by atoms with Crippen LogP contribution in [-0.2, 0) is 28.6 Å². The van der Waals surface area contributed by atoms with Gasteiger partial charge < -0.3 is 14.2 Å². The molecule has 0 spiro atoms. The van der Waals surface area contributed by atoms with Crippen molar-refractivity contribution < 1.29 is 28.6 Å². The Kier molecular flexibility index (Phi) is 67.6. The monoisotopic (exact) mass is 1140 g/mol. The molecule has 1 atom stereocenters. The molecular formula is C75H138O6. The molecule has 474 valence electrons. The van der Waals surface area contributed by atoms with Crippen molar-refractivity contribution in [2.45, 2.75) is 399 Å². The molecule has 0 heterocycles. The number of unbranched alkanes of at least 4 members (excludes halogenated alkanes) is 48. The van der Waals surface area contributed by atoms with Crippen molar-refractivity contribution in [3.63, 3.8) is 0 Å². The highest BCUT2D eigenvalue weighted by atomic mass is 16.6. The fourth-order valence-corrected chi connectivity index (χ4v) is 10.9. The molecule has 0 aromatic heterocycles. The van der Waals surface area contributed by atoms with Gasteiger partial charge in [-0.25, -0.2) is 0 Å². The maximum absolute atomic E-state index is 12.9. The van der Waals surface area contributed by atoms with Crippen LogP contribution in [0.5, 0.6) is 0 Å². The van der Waals surface area contributed by atoms with Gasteiger partial charge in [0.1, 0.15) is 13.2 Å². The summed E-state index contributed by atoms with van der Waals surface area (Å²) in [5.74, 6) is -0.872. The van der Waals surface area contributed by atoms with Gasteiger partial charge in [0.2, 0.25) is 0 Å². The number of rotatable bonds is 67. The van der Waals surface area contributed by atoms with Crippen LogP contribution in [0.1, 0.15) is 393 Å². The Labute approximate surface area is 505 Å². The molecule has 1 unspecified atom stereocenters. The number of hydrogen-bond acceptors (Lipinski definition) is 6. The van der Waals surface area contributed by atoms with E-state index in [0.29, 0.717) is 19.3 Å². The molecule has 0 bridgehead atoms. The van der Waals surface area contributed by atoms with Gasteiger partial charge in [0.25, 0.3) is 0 Å². The summed E-state index contributed by atoms with van der Waals surface area (Å²) in [6, 6.07) is 0. The number of carbonyl (C=O) groups is 3. The van der Waals surface area contributed by atoms with E-state index in [1.165, 1.54) is 276 Å². The van der Waals surface area contributed by atoms with Crippen LogP contribution in [-0.4, -0.2) is 37.2 Å². The predicted molar refractivity (Wildman–Crippen MR) is 353 cm³/mol. The summed E-state index contributed by atoms with van der Waals surface area (Å²) < 4.78 is 16.9. The highest BCUT2D eigenvalue weighted by Crippen LogP contribution is 2.18. The first-order valence-electron chi connectivity index (χ1n) is 36.1. The number of hydrogen-bond donors (Lipinski definition) is 0. The van der Waals surface area contributed by atoms with Crippen molar-refractivity contribution in [1.82, 2.24) is 0 Å². The lowest BCUT2D eigenvalue weighted by molar-refractivity contribution is -0.167. The van der Waals surface area contributed by atoms with Crippen LogP contribution in [0.4, 0.5) is 0 Å². The van der Waals surface area contributed by atoms with E-state index in [9.17, 15) is 14.4 Å². The smallest absolute Gasteiger partial charge is 0.306 e. The summed E-state index contributed by atoms with van der Waals surface area (Å²) in [7, 11) is 0. The summed E-state index contributed by atoms with van der Waals surface area (Å²) >= 11 is 0. The Hall–Kier alpha value is -2.63. The van der Waals surface area contributed by atoms with Gasteiger partial charge >= 0.3 is 17.9 Å². The van der Waals surface area contributed by atoms with E-state index in [1.54, 1.807) is 0 Å². The number of allylic oxidation sites excluding steroid dienone is 8. The van der Waals surface area contributed by atoms with E-state index in [1.807, 2.05) is 0 Å². The molecule has 81 heavy (non-hydrogen) atoms. The van der Waals surface area contributed by atoms with Gasteiger partial charge in [-0.2, -0.15) is 0 Å². The Morgan fingerprint density at radius 1 is 0.247 bits per heavy atom. The number of esters is 3. The van der Waals surface area contributed by atoms with Crippen LogP contribution in [0.2, 0.25) is 0 Å². The van der Waals surface area contributed by atoms with Gasteiger partial charge in [-0.05, 0) is 83.5 Å². The zero-order valence-electron chi connectivity index (χ0n) is 54.6. The quantitative estimate of drug-likeness (QED) is 0.0261. The first kappa shape index (κ1) is 78.4. The van der Waals surface area contributed by atoms with Crippen LogP contribution in [0, 0.1) is 0 Å². The molecule has 0 aromatic rings. The molecule has 0 aromatic carbocycles. The van der Waals surface area contributed by atoms with E-state index in [2.05, 4.69) is 69.4 Å². The van der Waals surface area contributed by atoms with E-state index < -0.39 is 6.10 Å². The second-order valence-electron chi connectivity index (χ2n) is 24.5. The Morgan fingerprint density at radius 3 is 0.704 bits per heavy atom. The SMILES string of the molecule is CCCCCCC/C=C\C/C=C\C/C=C\CCCCCCCCC(=O)OC(COC(=O)CCCCCCCCC)COC(=O)CCCCCCCCCCCCCCCCCCCCCCCCC/C=C\CCCCCCCCCC. The second kappa shape index (κ2) is 69.9. The molecule has 0 radical (unpaired) electrons. The van der Waals surface area contributed by atoms with Crippen molar-refractivity contribution in [2.75, 3.05) is 13.2 Å². The normalized spacial score (nSPS) is 12.3. The van der Waals surface area contributed by atoms with Crippen LogP contribution in [0.25, 0.3) is 0 Å². The summed E-state index contributed by atoms with van der Waals surface area (Å²) in [4.78, 5) is 38.1. The highest BCUT2D eigenvalue weighted by molar-refractivity contribution is 5.71. The topological polar surface area (TPSA) is 78.9 Å². The molecule has 0 aliphatic rings. The Morgan fingerprint density at radius 2 is 0.444 bits per heavy atom. The average molecular weight is 1140 g/mol. The van der Waals surface area contributed by atoms with Gasteiger partial charge in [-0.1, -0.05) is 339 Å². The lowest BCUT2D eigenvalue weighted by Crippen LogP contribution is -2.30. The maximum atomic E-state index is 12.9. The van der Waals surface area contributed by atoms with E-state index in [0.717, 1.165) is 77.0 Å². The van der Waals surface area contributed by atoms with E-state index >= 15 is 0 Å². The molecule has 0 saturated carbocycles. The minimum atomic E-state index is -0.776. The molecule has 0 aliphatic carbocycles. The fraction of sp³-hybridized carbons (Fsp3) is 0.853. The zero-order valence-corrected chi connectivity index (χ0v) is 54.6. The van der Waals surface area contributed by atoms with Gasteiger partial charge in [0.15, 0.2) is 6.10 Å². The minimum Gasteiger partial charge on any atom is -0.462 e. The molecule has 0 fully saturated rings. The molecule has 6 heteroatoms. The third kappa shape index (κ3) is 68.0. The first-order chi connectivity index (χ1) is 40.0. The second-order valence-corrected chi connectivity index (χ2v) is 24.5. The van der Waals surface area contributed by atoms with Gasteiger partial charge in [-0.15, -0.1) is 0 Å². The highest BCUT2D eigenvalue weighted by Gasteiger charge is 2.19. The van der Waals surface area contributed by atoms with Gasteiger partial charge in [0.05, 0.1) is 0 Å². The first-order valence-corrected chi connectivity index (χ1v) is 36.1. The molecular weight excluding hydrogens is 997 g/mol. The van der Waals surface area contributed by atoms with Crippen LogP contribution < -0.4 is 0 Å². The number of ether oxygens (including phenoxy) is 3. The largest absolute Gasteiger partial charge is 0.462 e. The van der Waals surface area contributed by atoms with E-state index in [-0.39, 0.29) is 31.1 Å². The molecule has 6 nitrogen and oxygen atoms in total. The third-order valence-electron chi connectivity index (χ3n) is 16.3. The zero-order chi connectivity index (χ0) is 58.5. The van der Waals surface area contributed by atoms with Crippen LogP contribution >= 0.6 is 0 Å². The van der Waals surface area contributed by atoms with Crippen LogP contribution in [0.3, 0.4) is 0 Å². The van der Waals surface area contributed by atoms with Crippen molar-refractivity contribution in [3.05, 3.63) is 48.6 Å².